The van der Waals surface area contributed by atoms with Gasteiger partial charge >= 0.3 is 0 Å². The van der Waals surface area contributed by atoms with E-state index in [0.29, 0.717) is 13.0 Å². The molecule has 1 aromatic heterocycles. The van der Waals surface area contributed by atoms with E-state index in [2.05, 4.69) is 16.9 Å². The normalized spacial score (nSPS) is 29.1. The number of hydrogen-bond acceptors (Lipinski definition) is 4. The molecule has 2 heterocycles. The summed E-state index contributed by atoms with van der Waals surface area (Å²) in [6.45, 7) is 2.07. The molecular weight excluding hydrogens is 290 g/mol. The van der Waals surface area contributed by atoms with Gasteiger partial charge in [0.1, 0.15) is 5.15 Å². The summed E-state index contributed by atoms with van der Waals surface area (Å²) in [4.78, 5) is 18.3. The molecule has 6 heteroatoms. The maximum atomic E-state index is 12.0. The fraction of sp³-hybridized carbons (Fsp3) is 0.733. The van der Waals surface area contributed by atoms with Gasteiger partial charge in [0.25, 0.3) is 5.56 Å². The van der Waals surface area contributed by atoms with Crippen molar-refractivity contribution < 1.29 is 5.11 Å². The van der Waals surface area contributed by atoms with Crippen LogP contribution in [0.3, 0.4) is 0 Å². The van der Waals surface area contributed by atoms with Gasteiger partial charge < -0.3 is 10.0 Å². The van der Waals surface area contributed by atoms with Crippen molar-refractivity contribution >= 4 is 11.6 Å². The van der Waals surface area contributed by atoms with Crippen LogP contribution < -0.4 is 5.56 Å². The number of aliphatic hydroxyl groups is 1. The van der Waals surface area contributed by atoms with Gasteiger partial charge in [-0.2, -0.15) is 0 Å². The third-order valence-electron chi connectivity index (χ3n) is 5.31. The molecular formula is C15H22ClN3O2. The van der Waals surface area contributed by atoms with Crippen LogP contribution in [0.15, 0.2) is 17.2 Å². The van der Waals surface area contributed by atoms with Gasteiger partial charge in [0.15, 0.2) is 0 Å². The maximum absolute atomic E-state index is 12.0. The predicted octanol–water partition coefficient (Wildman–Crippen LogP) is 1.52. The van der Waals surface area contributed by atoms with Crippen LogP contribution in [0.4, 0.5) is 0 Å². The average molecular weight is 312 g/mol. The standard InChI is InChI=1S/C15H22ClN3O2/c1-18-7-6-15(21,14(9-18)4-2-3-5-14)10-19-11-17-12(16)8-13(19)20/h8,11,21H,2-7,9-10H2,1H3. The first-order chi connectivity index (χ1) is 9.94. The summed E-state index contributed by atoms with van der Waals surface area (Å²) in [5.74, 6) is 0. The Morgan fingerprint density at radius 1 is 1.38 bits per heavy atom. The van der Waals surface area contributed by atoms with Gasteiger partial charge in [-0.25, -0.2) is 4.98 Å². The summed E-state index contributed by atoms with van der Waals surface area (Å²) >= 11 is 5.74. The molecule has 116 valence electrons. The highest BCUT2D eigenvalue weighted by atomic mass is 35.5. The quantitative estimate of drug-likeness (QED) is 0.842. The summed E-state index contributed by atoms with van der Waals surface area (Å²) in [6.07, 6.45) is 6.52. The van der Waals surface area contributed by atoms with Crippen molar-refractivity contribution in [2.24, 2.45) is 5.41 Å². The molecule has 0 radical (unpaired) electrons. The van der Waals surface area contributed by atoms with E-state index < -0.39 is 5.60 Å². The lowest BCUT2D eigenvalue weighted by Gasteiger charge is -2.51. The van der Waals surface area contributed by atoms with E-state index >= 15 is 0 Å². The molecule has 0 bridgehead atoms. The Kier molecular flexibility index (Phi) is 3.84. The van der Waals surface area contributed by atoms with Crippen LogP contribution in [0.1, 0.15) is 32.1 Å². The Morgan fingerprint density at radius 2 is 2.10 bits per heavy atom. The largest absolute Gasteiger partial charge is 0.387 e. The summed E-state index contributed by atoms with van der Waals surface area (Å²) in [5, 5.41) is 11.5. The SMILES string of the molecule is CN1CCC(O)(Cn2cnc(Cl)cc2=O)C2(CCCC2)C1. The summed E-state index contributed by atoms with van der Waals surface area (Å²) < 4.78 is 1.50. The van der Waals surface area contributed by atoms with Crippen molar-refractivity contribution in [2.75, 3.05) is 20.1 Å². The van der Waals surface area contributed by atoms with Crippen LogP contribution in [-0.4, -0.2) is 45.3 Å². The Bertz CT molecular complexity index is 583. The molecule has 1 aliphatic carbocycles. The lowest BCUT2D eigenvalue weighted by molar-refractivity contribution is -0.139. The van der Waals surface area contributed by atoms with Crippen molar-refractivity contribution in [3.8, 4) is 0 Å². The van der Waals surface area contributed by atoms with E-state index in [0.717, 1.165) is 38.8 Å². The molecule has 1 saturated heterocycles. The Balaban J connectivity index is 1.92. The monoisotopic (exact) mass is 311 g/mol. The lowest BCUT2D eigenvalue weighted by atomic mass is 9.66. The Hall–Kier alpha value is -0.910. The molecule has 5 nitrogen and oxygen atoms in total. The fourth-order valence-corrected chi connectivity index (χ4v) is 4.25. The van der Waals surface area contributed by atoms with Gasteiger partial charge in [-0.15, -0.1) is 0 Å². The van der Waals surface area contributed by atoms with Crippen molar-refractivity contribution in [1.82, 2.24) is 14.5 Å². The molecule has 3 rings (SSSR count). The minimum absolute atomic E-state index is 0.0981. The molecule has 1 atom stereocenters. The van der Waals surface area contributed by atoms with Crippen LogP contribution in [0.5, 0.6) is 0 Å². The summed E-state index contributed by atoms with van der Waals surface area (Å²) in [5.41, 5.74) is -1.13. The zero-order valence-corrected chi connectivity index (χ0v) is 13.1. The van der Waals surface area contributed by atoms with Gasteiger partial charge in [0.2, 0.25) is 0 Å². The van der Waals surface area contributed by atoms with Gasteiger partial charge in [-0.3, -0.25) is 9.36 Å². The second-order valence-electron chi connectivity index (χ2n) is 6.68. The number of aromatic nitrogens is 2. The van der Waals surface area contributed by atoms with Gasteiger partial charge in [-0.05, 0) is 26.3 Å². The Morgan fingerprint density at radius 3 is 2.76 bits per heavy atom. The molecule has 1 unspecified atom stereocenters. The molecule has 21 heavy (non-hydrogen) atoms. The van der Waals surface area contributed by atoms with Crippen LogP contribution in [0.2, 0.25) is 5.15 Å². The number of halogens is 1. The van der Waals surface area contributed by atoms with Crippen molar-refractivity contribution in [3.63, 3.8) is 0 Å². The molecule has 0 amide bonds. The van der Waals surface area contributed by atoms with Gasteiger partial charge in [-0.1, -0.05) is 24.4 Å². The zero-order chi connectivity index (χ0) is 15.1. The average Bonchev–Trinajstić information content (AvgIpc) is 2.88. The number of piperidine rings is 1. The van der Waals surface area contributed by atoms with Gasteiger partial charge in [0, 0.05) is 24.6 Å². The smallest absolute Gasteiger partial charge is 0.254 e. The number of likely N-dealkylation sites (tertiary alicyclic amines) is 1. The molecule has 1 aromatic rings. The first-order valence-corrected chi connectivity index (χ1v) is 7.95. The molecule has 2 fully saturated rings. The van der Waals surface area contributed by atoms with Crippen LogP contribution >= 0.6 is 11.6 Å². The molecule has 2 aliphatic rings. The van der Waals surface area contributed by atoms with Crippen LogP contribution in [0, 0.1) is 5.41 Å². The molecule has 1 aliphatic heterocycles. The minimum atomic E-state index is -0.838. The first-order valence-electron chi connectivity index (χ1n) is 7.57. The van der Waals surface area contributed by atoms with Crippen LogP contribution in [-0.2, 0) is 6.54 Å². The molecule has 1 saturated carbocycles. The van der Waals surface area contributed by atoms with E-state index in [4.69, 9.17) is 11.6 Å². The highest BCUT2D eigenvalue weighted by molar-refractivity contribution is 6.29. The molecule has 1 N–H and O–H groups in total. The summed E-state index contributed by atoms with van der Waals surface area (Å²) in [6, 6.07) is 1.31. The van der Waals surface area contributed by atoms with E-state index in [1.807, 2.05) is 0 Å². The lowest BCUT2D eigenvalue weighted by Crippen LogP contribution is -2.60. The summed E-state index contributed by atoms with van der Waals surface area (Å²) in [7, 11) is 2.11. The van der Waals surface area contributed by atoms with Crippen molar-refractivity contribution in [1.29, 1.82) is 0 Å². The second kappa shape index (κ2) is 5.38. The van der Waals surface area contributed by atoms with E-state index in [1.54, 1.807) is 0 Å². The highest BCUT2D eigenvalue weighted by Gasteiger charge is 2.54. The predicted molar refractivity (Wildman–Crippen MR) is 81.5 cm³/mol. The van der Waals surface area contributed by atoms with E-state index in [-0.39, 0.29) is 16.1 Å². The number of nitrogens with zero attached hydrogens (tertiary/aromatic N) is 3. The third kappa shape index (κ3) is 2.62. The maximum Gasteiger partial charge on any atom is 0.254 e. The third-order valence-corrected chi connectivity index (χ3v) is 5.51. The highest BCUT2D eigenvalue weighted by Crippen LogP contribution is 2.51. The number of hydrogen-bond donors (Lipinski definition) is 1. The molecule has 1 spiro atoms. The first kappa shape index (κ1) is 15.0. The van der Waals surface area contributed by atoms with E-state index in [1.165, 1.54) is 17.0 Å². The Labute approximate surface area is 129 Å². The van der Waals surface area contributed by atoms with Crippen LogP contribution in [0.25, 0.3) is 0 Å². The van der Waals surface area contributed by atoms with Crippen molar-refractivity contribution in [3.05, 3.63) is 27.9 Å². The van der Waals surface area contributed by atoms with E-state index in [9.17, 15) is 9.90 Å². The topological polar surface area (TPSA) is 58.4 Å². The zero-order valence-electron chi connectivity index (χ0n) is 12.4. The van der Waals surface area contributed by atoms with Gasteiger partial charge in [0.05, 0.1) is 18.5 Å². The second-order valence-corrected chi connectivity index (χ2v) is 7.07. The number of rotatable bonds is 2. The minimum Gasteiger partial charge on any atom is -0.387 e. The molecule has 0 aromatic carbocycles. The van der Waals surface area contributed by atoms with Crippen molar-refractivity contribution in [2.45, 2.75) is 44.2 Å². The fourth-order valence-electron chi connectivity index (χ4n) is 4.11.